The lowest BCUT2D eigenvalue weighted by Crippen LogP contribution is -2.29. The Balaban J connectivity index is 2.02. The van der Waals surface area contributed by atoms with Crippen molar-refractivity contribution in [3.8, 4) is 5.75 Å². The van der Waals surface area contributed by atoms with E-state index in [1.165, 1.54) is 12.1 Å². The van der Waals surface area contributed by atoms with Gasteiger partial charge in [-0.15, -0.1) is 0 Å². The minimum atomic E-state index is -3.74. The Kier molecular flexibility index (Phi) is 7.50. The van der Waals surface area contributed by atoms with E-state index in [0.717, 1.165) is 12.8 Å². The van der Waals surface area contributed by atoms with Crippen LogP contribution in [0, 0.1) is 6.92 Å². The maximum Gasteiger partial charge on any atom is 0.261 e. The minimum Gasteiger partial charge on any atom is -0.484 e. The molecule has 27 heavy (non-hydrogen) atoms. The number of halogens is 1. The number of carbonyl (C=O) groups excluding carboxylic acids is 1. The second-order valence-electron chi connectivity index (χ2n) is 6.03. The summed E-state index contributed by atoms with van der Waals surface area (Å²) in [5.74, 6) is 0.259. The van der Waals surface area contributed by atoms with Gasteiger partial charge in [-0.05, 0) is 61.4 Å². The monoisotopic (exact) mass is 410 g/mol. The molecular formula is C19H23ClN2O4S. The molecule has 0 radical (unpaired) electrons. The fourth-order valence-corrected chi connectivity index (χ4v) is 3.55. The molecule has 0 aromatic heterocycles. The number of amides is 1. The molecule has 0 atom stereocenters. The van der Waals surface area contributed by atoms with Gasteiger partial charge in [0.1, 0.15) is 5.75 Å². The first-order valence-corrected chi connectivity index (χ1v) is 10.5. The number of carbonyl (C=O) groups is 1. The Morgan fingerprint density at radius 3 is 2.48 bits per heavy atom. The number of ether oxygens (including phenoxy) is 1. The van der Waals surface area contributed by atoms with Gasteiger partial charge in [0, 0.05) is 17.3 Å². The predicted molar refractivity (Wildman–Crippen MR) is 107 cm³/mol. The van der Waals surface area contributed by atoms with Crippen LogP contribution in [0.3, 0.4) is 0 Å². The molecule has 0 saturated heterocycles. The lowest BCUT2D eigenvalue weighted by Gasteiger charge is -2.12. The average Bonchev–Trinajstić information content (AvgIpc) is 2.62. The molecule has 0 aliphatic rings. The van der Waals surface area contributed by atoms with Gasteiger partial charge in [-0.1, -0.05) is 24.9 Å². The van der Waals surface area contributed by atoms with Crippen LogP contribution in [0.25, 0.3) is 0 Å². The van der Waals surface area contributed by atoms with E-state index in [1.807, 2.05) is 6.92 Å². The molecule has 2 aromatic rings. The highest BCUT2D eigenvalue weighted by atomic mass is 35.5. The maximum absolute atomic E-state index is 12.5. The van der Waals surface area contributed by atoms with Crippen molar-refractivity contribution in [2.24, 2.45) is 0 Å². The van der Waals surface area contributed by atoms with Gasteiger partial charge in [0.15, 0.2) is 6.61 Å². The standard InChI is InChI=1S/C19H23ClN2O4S/c1-3-4-11-21-19(23)13-26-18-10-9-17(12-14(18)2)27(24,25)22-16-7-5-15(20)6-8-16/h5-10,12,22H,3-4,11,13H2,1-2H3,(H,21,23). The van der Waals surface area contributed by atoms with Crippen LogP contribution in [0.5, 0.6) is 5.75 Å². The smallest absolute Gasteiger partial charge is 0.261 e. The zero-order valence-electron chi connectivity index (χ0n) is 15.3. The van der Waals surface area contributed by atoms with Gasteiger partial charge in [0.05, 0.1) is 4.90 Å². The lowest BCUT2D eigenvalue weighted by molar-refractivity contribution is -0.123. The van der Waals surface area contributed by atoms with Crippen LogP contribution in [-0.2, 0) is 14.8 Å². The molecule has 6 nitrogen and oxygen atoms in total. The van der Waals surface area contributed by atoms with Crippen LogP contribution < -0.4 is 14.8 Å². The van der Waals surface area contributed by atoms with Crippen molar-refractivity contribution in [1.29, 1.82) is 0 Å². The molecule has 8 heteroatoms. The van der Waals surface area contributed by atoms with E-state index in [2.05, 4.69) is 10.0 Å². The summed E-state index contributed by atoms with van der Waals surface area (Å²) in [6.45, 7) is 4.28. The molecule has 0 fully saturated rings. The summed E-state index contributed by atoms with van der Waals surface area (Å²) in [5.41, 5.74) is 1.04. The van der Waals surface area contributed by atoms with Crippen molar-refractivity contribution >= 4 is 33.2 Å². The first kappa shape index (κ1) is 21.1. The molecule has 0 unspecified atom stereocenters. The third kappa shape index (κ3) is 6.45. The highest BCUT2D eigenvalue weighted by Crippen LogP contribution is 2.24. The summed E-state index contributed by atoms with van der Waals surface area (Å²) in [5, 5.41) is 3.28. The van der Waals surface area contributed by atoms with E-state index in [0.29, 0.717) is 28.6 Å². The van der Waals surface area contributed by atoms with Crippen LogP contribution in [0.2, 0.25) is 5.02 Å². The maximum atomic E-state index is 12.5. The van der Waals surface area contributed by atoms with E-state index in [1.54, 1.807) is 37.3 Å². The summed E-state index contributed by atoms with van der Waals surface area (Å²) in [6.07, 6.45) is 1.91. The van der Waals surface area contributed by atoms with Gasteiger partial charge in [-0.3, -0.25) is 9.52 Å². The minimum absolute atomic E-state index is 0.106. The van der Waals surface area contributed by atoms with Crippen LogP contribution in [0.15, 0.2) is 47.4 Å². The molecule has 2 N–H and O–H groups in total. The predicted octanol–water partition coefficient (Wildman–Crippen LogP) is 3.74. The Morgan fingerprint density at radius 1 is 1.15 bits per heavy atom. The number of aryl methyl sites for hydroxylation is 1. The molecule has 1 amide bonds. The van der Waals surface area contributed by atoms with Crippen molar-refractivity contribution < 1.29 is 17.9 Å². The van der Waals surface area contributed by atoms with Gasteiger partial charge >= 0.3 is 0 Å². The first-order valence-electron chi connectivity index (χ1n) is 8.60. The number of anilines is 1. The van der Waals surface area contributed by atoms with Gasteiger partial charge in [-0.25, -0.2) is 8.42 Å². The van der Waals surface area contributed by atoms with Crippen molar-refractivity contribution in [1.82, 2.24) is 5.32 Å². The fourth-order valence-electron chi connectivity index (χ4n) is 2.28. The third-order valence-electron chi connectivity index (χ3n) is 3.76. The van der Waals surface area contributed by atoms with Gasteiger partial charge in [0.25, 0.3) is 15.9 Å². The molecule has 146 valence electrons. The van der Waals surface area contributed by atoms with Gasteiger partial charge in [-0.2, -0.15) is 0 Å². The molecule has 0 spiro atoms. The van der Waals surface area contributed by atoms with Crippen LogP contribution in [-0.4, -0.2) is 27.5 Å². The summed E-state index contributed by atoms with van der Waals surface area (Å²) in [4.78, 5) is 11.8. The number of nitrogens with one attached hydrogen (secondary N) is 2. The number of unbranched alkanes of at least 4 members (excludes halogenated alkanes) is 1. The number of hydrogen-bond donors (Lipinski definition) is 2. The second-order valence-corrected chi connectivity index (χ2v) is 8.15. The van der Waals surface area contributed by atoms with Crippen LogP contribution in [0.1, 0.15) is 25.3 Å². The van der Waals surface area contributed by atoms with Crippen molar-refractivity contribution in [2.45, 2.75) is 31.6 Å². The van der Waals surface area contributed by atoms with Gasteiger partial charge in [0.2, 0.25) is 0 Å². The van der Waals surface area contributed by atoms with Gasteiger partial charge < -0.3 is 10.1 Å². The summed E-state index contributed by atoms with van der Waals surface area (Å²) in [6, 6.07) is 10.9. The Hall–Kier alpha value is -2.25. The van der Waals surface area contributed by atoms with E-state index in [-0.39, 0.29) is 17.4 Å². The summed E-state index contributed by atoms with van der Waals surface area (Å²) in [7, 11) is -3.74. The molecule has 0 heterocycles. The molecule has 0 aliphatic carbocycles. The van der Waals surface area contributed by atoms with Crippen LogP contribution >= 0.6 is 11.6 Å². The number of benzene rings is 2. The highest BCUT2D eigenvalue weighted by molar-refractivity contribution is 7.92. The highest BCUT2D eigenvalue weighted by Gasteiger charge is 2.16. The summed E-state index contributed by atoms with van der Waals surface area (Å²) >= 11 is 5.81. The molecule has 0 saturated carbocycles. The second kappa shape index (κ2) is 9.62. The van der Waals surface area contributed by atoms with E-state index in [9.17, 15) is 13.2 Å². The Morgan fingerprint density at radius 2 is 1.85 bits per heavy atom. The zero-order chi connectivity index (χ0) is 19.9. The SMILES string of the molecule is CCCCNC(=O)COc1ccc(S(=O)(=O)Nc2ccc(Cl)cc2)cc1C. The zero-order valence-corrected chi connectivity index (χ0v) is 16.9. The topological polar surface area (TPSA) is 84.5 Å². The van der Waals surface area contributed by atoms with Crippen LogP contribution in [0.4, 0.5) is 5.69 Å². The van der Waals surface area contributed by atoms with E-state index >= 15 is 0 Å². The number of rotatable bonds is 9. The Labute approximate surface area is 164 Å². The molecule has 0 bridgehead atoms. The quantitative estimate of drug-likeness (QED) is 0.616. The third-order valence-corrected chi connectivity index (χ3v) is 5.40. The average molecular weight is 411 g/mol. The lowest BCUT2D eigenvalue weighted by atomic mass is 10.2. The summed E-state index contributed by atoms with van der Waals surface area (Å²) < 4.78 is 33.0. The first-order chi connectivity index (χ1) is 12.8. The van der Waals surface area contributed by atoms with Crippen molar-refractivity contribution in [3.05, 3.63) is 53.1 Å². The van der Waals surface area contributed by atoms with Crippen molar-refractivity contribution in [2.75, 3.05) is 17.9 Å². The molecular weight excluding hydrogens is 388 g/mol. The molecule has 2 aromatic carbocycles. The number of sulfonamides is 1. The van der Waals surface area contributed by atoms with Crippen molar-refractivity contribution in [3.63, 3.8) is 0 Å². The molecule has 2 rings (SSSR count). The number of hydrogen-bond acceptors (Lipinski definition) is 4. The largest absolute Gasteiger partial charge is 0.484 e. The Bertz CT molecular complexity index is 883. The normalized spacial score (nSPS) is 11.1. The van der Waals surface area contributed by atoms with E-state index in [4.69, 9.17) is 16.3 Å². The fraction of sp³-hybridized carbons (Fsp3) is 0.316. The van der Waals surface area contributed by atoms with E-state index < -0.39 is 10.0 Å². The molecule has 0 aliphatic heterocycles.